The van der Waals surface area contributed by atoms with E-state index in [2.05, 4.69) is 27.4 Å². The predicted molar refractivity (Wildman–Crippen MR) is 87.9 cm³/mol. The quantitative estimate of drug-likeness (QED) is 0.884. The Labute approximate surface area is 141 Å². The number of hydrogen-bond acceptors (Lipinski definition) is 6. The van der Waals surface area contributed by atoms with E-state index in [9.17, 15) is 4.79 Å². The molecular weight excluding hydrogens is 310 g/mol. The van der Waals surface area contributed by atoms with Crippen LogP contribution in [-0.4, -0.2) is 58.5 Å². The lowest BCUT2D eigenvalue weighted by Crippen LogP contribution is -2.48. The summed E-state index contributed by atoms with van der Waals surface area (Å²) in [6.07, 6.45) is 6.55. The highest BCUT2D eigenvalue weighted by atomic mass is 16.6. The summed E-state index contributed by atoms with van der Waals surface area (Å²) in [5.74, 6) is 0. The average Bonchev–Trinajstić information content (AvgIpc) is 3.09. The maximum Gasteiger partial charge on any atom is 0.317 e. The molecule has 1 N–H and O–H groups in total. The van der Waals surface area contributed by atoms with Crippen molar-refractivity contribution in [3.8, 4) is 6.01 Å². The van der Waals surface area contributed by atoms with Crippen LogP contribution in [0, 0.1) is 0 Å². The highest BCUT2D eigenvalue weighted by molar-refractivity contribution is 5.85. The van der Waals surface area contributed by atoms with Gasteiger partial charge < -0.3 is 19.8 Å². The summed E-state index contributed by atoms with van der Waals surface area (Å²) >= 11 is 0. The number of ether oxygens (including phenoxy) is 1. The number of hydrogen-bond donors (Lipinski definition) is 1. The summed E-state index contributed by atoms with van der Waals surface area (Å²) in [5, 5.41) is 6.93. The van der Waals surface area contributed by atoms with Crippen molar-refractivity contribution in [1.29, 1.82) is 0 Å². The van der Waals surface area contributed by atoms with Gasteiger partial charge in [-0.3, -0.25) is 0 Å². The number of nitrogens with one attached hydrogen (secondary N) is 1. The van der Waals surface area contributed by atoms with Crippen LogP contribution in [0.25, 0.3) is 0 Å². The molecule has 0 aliphatic carbocycles. The van der Waals surface area contributed by atoms with Crippen LogP contribution >= 0.6 is 0 Å². The zero-order valence-corrected chi connectivity index (χ0v) is 13.9. The summed E-state index contributed by atoms with van der Waals surface area (Å²) in [6.45, 7) is 3.85. The van der Waals surface area contributed by atoms with E-state index in [1.807, 2.05) is 4.90 Å². The third kappa shape index (κ3) is 4.33. The van der Waals surface area contributed by atoms with Gasteiger partial charge in [0.15, 0.2) is 0 Å². The summed E-state index contributed by atoms with van der Waals surface area (Å²) < 4.78 is 5.73. The van der Waals surface area contributed by atoms with Crippen molar-refractivity contribution in [3.05, 3.63) is 18.5 Å². The van der Waals surface area contributed by atoms with Gasteiger partial charge in [-0.1, -0.05) is 12.1 Å². The molecule has 1 aromatic heterocycles. The molecule has 0 aromatic carbocycles. The van der Waals surface area contributed by atoms with Gasteiger partial charge in [-0.05, 0) is 12.5 Å². The maximum atomic E-state index is 12.2. The Bertz CT molecular complexity index is 572. The second-order valence-electron chi connectivity index (χ2n) is 5.96. The molecule has 8 nitrogen and oxygen atoms in total. The average molecular weight is 333 g/mol. The van der Waals surface area contributed by atoms with E-state index in [0.717, 1.165) is 31.4 Å². The molecule has 0 radical (unpaired) electrons. The van der Waals surface area contributed by atoms with Gasteiger partial charge in [0.05, 0.1) is 12.3 Å². The van der Waals surface area contributed by atoms with Gasteiger partial charge in [-0.2, -0.15) is 0 Å². The van der Waals surface area contributed by atoms with Gasteiger partial charge in [-0.15, -0.1) is 0 Å². The lowest BCUT2D eigenvalue weighted by Gasteiger charge is -2.31. The molecule has 130 valence electrons. The highest BCUT2D eigenvalue weighted by Gasteiger charge is 2.26. The van der Waals surface area contributed by atoms with E-state index >= 15 is 0 Å². The SMILES string of the molecule is CCC1=NOC(CNC(=O)N2CCC(Oc3ncccn3)CC2)C1. The smallest absolute Gasteiger partial charge is 0.317 e. The molecule has 2 amide bonds. The first kappa shape index (κ1) is 16.5. The Balaban J connectivity index is 1.36. The molecule has 3 heterocycles. The van der Waals surface area contributed by atoms with Gasteiger partial charge in [0, 0.05) is 44.7 Å². The van der Waals surface area contributed by atoms with Gasteiger partial charge in [-0.25, -0.2) is 14.8 Å². The lowest BCUT2D eigenvalue weighted by atomic mass is 10.1. The molecule has 1 aromatic rings. The Kier molecular flexibility index (Phi) is 5.45. The third-order valence-corrected chi connectivity index (χ3v) is 4.23. The van der Waals surface area contributed by atoms with Crippen LogP contribution in [0.5, 0.6) is 6.01 Å². The standard InChI is InChI=1S/C16H23N5O3/c1-2-12-10-14(24-20-12)11-19-16(22)21-8-4-13(5-9-21)23-15-17-6-3-7-18-15/h3,6-7,13-14H,2,4-5,8-11H2,1H3,(H,19,22). The number of urea groups is 1. The molecule has 24 heavy (non-hydrogen) atoms. The molecule has 0 spiro atoms. The topological polar surface area (TPSA) is 88.9 Å². The molecule has 0 bridgehead atoms. The third-order valence-electron chi connectivity index (χ3n) is 4.23. The molecule has 2 aliphatic heterocycles. The normalized spacial score (nSPS) is 21.1. The number of rotatable bonds is 5. The number of aromatic nitrogens is 2. The van der Waals surface area contributed by atoms with Crippen LogP contribution < -0.4 is 10.1 Å². The first-order chi connectivity index (χ1) is 11.7. The second kappa shape index (κ2) is 7.94. The van der Waals surface area contributed by atoms with Crippen molar-refractivity contribution in [1.82, 2.24) is 20.2 Å². The van der Waals surface area contributed by atoms with E-state index in [0.29, 0.717) is 25.6 Å². The molecule has 8 heteroatoms. The van der Waals surface area contributed by atoms with Crippen LogP contribution in [0.1, 0.15) is 32.6 Å². The summed E-state index contributed by atoms with van der Waals surface area (Å²) in [6, 6.07) is 2.09. The van der Waals surface area contributed by atoms with Crippen molar-refractivity contribution in [3.63, 3.8) is 0 Å². The van der Waals surface area contributed by atoms with Crippen molar-refractivity contribution >= 4 is 11.7 Å². The minimum absolute atomic E-state index is 0.0417. The van der Waals surface area contributed by atoms with Gasteiger partial charge in [0.2, 0.25) is 0 Å². The summed E-state index contributed by atoms with van der Waals surface area (Å²) in [4.78, 5) is 27.5. The number of carbonyl (C=O) groups is 1. The fourth-order valence-corrected chi connectivity index (χ4v) is 2.79. The monoisotopic (exact) mass is 333 g/mol. The van der Waals surface area contributed by atoms with Crippen molar-refractivity contribution in [2.75, 3.05) is 19.6 Å². The van der Waals surface area contributed by atoms with Crippen molar-refractivity contribution in [2.24, 2.45) is 5.16 Å². The van der Waals surface area contributed by atoms with E-state index in [-0.39, 0.29) is 18.2 Å². The number of nitrogens with zero attached hydrogens (tertiary/aromatic N) is 4. The fourth-order valence-electron chi connectivity index (χ4n) is 2.79. The van der Waals surface area contributed by atoms with Crippen LogP contribution in [0.4, 0.5) is 4.79 Å². The van der Waals surface area contributed by atoms with E-state index < -0.39 is 0 Å². The zero-order valence-electron chi connectivity index (χ0n) is 13.9. The van der Waals surface area contributed by atoms with Crippen LogP contribution in [0.2, 0.25) is 0 Å². The van der Waals surface area contributed by atoms with Crippen LogP contribution in [0.15, 0.2) is 23.6 Å². The Morgan fingerprint density at radius 1 is 1.38 bits per heavy atom. The van der Waals surface area contributed by atoms with Gasteiger partial charge in [0.25, 0.3) is 0 Å². The number of likely N-dealkylation sites (tertiary alicyclic amines) is 1. The first-order valence-corrected chi connectivity index (χ1v) is 8.42. The van der Waals surface area contributed by atoms with Gasteiger partial charge >= 0.3 is 12.0 Å². The number of piperidine rings is 1. The molecule has 3 rings (SSSR count). The summed E-state index contributed by atoms with van der Waals surface area (Å²) in [7, 11) is 0. The molecule has 1 unspecified atom stereocenters. The molecular formula is C16H23N5O3. The summed E-state index contributed by atoms with van der Waals surface area (Å²) in [5.41, 5.74) is 1.05. The van der Waals surface area contributed by atoms with Gasteiger partial charge in [0.1, 0.15) is 12.2 Å². The largest absolute Gasteiger partial charge is 0.460 e. The molecule has 1 fully saturated rings. The zero-order chi connectivity index (χ0) is 16.8. The molecule has 2 aliphatic rings. The highest BCUT2D eigenvalue weighted by Crippen LogP contribution is 2.16. The minimum atomic E-state index is -0.0574. The predicted octanol–water partition coefficient (Wildman–Crippen LogP) is 1.58. The number of amides is 2. The fraction of sp³-hybridized carbons (Fsp3) is 0.625. The molecule has 1 atom stereocenters. The molecule has 1 saturated heterocycles. The van der Waals surface area contributed by atoms with Crippen LogP contribution in [0.3, 0.4) is 0 Å². The number of carbonyl (C=O) groups excluding carboxylic acids is 1. The number of oxime groups is 1. The van der Waals surface area contributed by atoms with E-state index in [4.69, 9.17) is 9.57 Å². The Morgan fingerprint density at radius 2 is 2.12 bits per heavy atom. The first-order valence-electron chi connectivity index (χ1n) is 8.42. The maximum absolute atomic E-state index is 12.2. The van der Waals surface area contributed by atoms with E-state index in [1.165, 1.54) is 0 Å². The van der Waals surface area contributed by atoms with E-state index in [1.54, 1.807) is 18.5 Å². The Hall–Kier alpha value is -2.38. The molecule has 0 saturated carbocycles. The minimum Gasteiger partial charge on any atom is -0.460 e. The van der Waals surface area contributed by atoms with Crippen molar-refractivity contribution in [2.45, 2.75) is 44.8 Å². The second-order valence-corrected chi connectivity index (χ2v) is 5.96. The van der Waals surface area contributed by atoms with Crippen molar-refractivity contribution < 1.29 is 14.4 Å². The van der Waals surface area contributed by atoms with Crippen LogP contribution in [-0.2, 0) is 4.84 Å². The Morgan fingerprint density at radius 3 is 2.79 bits per heavy atom. The lowest BCUT2D eigenvalue weighted by molar-refractivity contribution is 0.0801.